The van der Waals surface area contributed by atoms with Gasteiger partial charge in [-0.1, -0.05) is 6.92 Å². The van der Waals surface area contributed by atoms with Crippen LogP contribution in [0.3, 0.4) is 0 Å². The SMILES string of the molecule is CCc1nn(C)cc1C(=O)Nc1nccnc1C(=O)O. The number of anilines is 1. The molecule has 0 bridgehead atoms. The van der Waals surface area contributed by atoms with Crippen LogP contribution in [0.25, 0.3) is 0 Å². The normalized spacial score (nSPS) is 10.3. The first kappa shape index (κ1) is 13.7. The quantitative estimate of drug-likeness (QED) is 0.850. The molecule has 2 aromatic rings. The molecule has 2 rings (SSSR count). The van der Waals surface area contributed by atoms with Crippen molar-refractivity contribution in [1.82, 2.24) is 19.7 Å². The minimum absolute atomic E-state index is 0.0871. The highest BCUT2D eigenvalue weighted by atomic mass is 16.4. The maximum absolute atomic E-state index is 12.2. The first-order valence-corrected chi connectivity index (χ1v) is 5.91. The molecule has 0 aliphatic rings. The van der Waals surface area contributed by atoms with Crippen LogP contribution in [0, 0.1) is 0 Å². The lowest BCUT2D eigenvalue weighted by atomic mass is 10.2. The minimum atomic E-state index is -1.25. The van der Waals surface area contributed by atoms with Gasteiger partial charge in [0.1, 0.15) is 0 Å². The molecule has 0 saturated carbocycles. The average molecular weight is 275 g/mol. The zero-order valence-corrected chi connectivity index (χ0v) is 11.0. The van der Waals surface area contributed by atoms with Gasteiger partial charge in [-0.05, 0) is 6.42 Å². The summed E-state index contributed by atoms with van der Waals surface area (Å²) < 4.78 is 1.53. The zero-order valence-electron chi connectivity index (χ0n) is 11.0. The van der Waals surface area contributed by atoms with Crippen molar-refractivity contribution in [2.45, 2.75) is 13.3 Å². The minimum Gasteiger partial charge on any atom is -0.476 e. The van der Waals surface area contributed by atoms with E-state index in [0.29, 0.717) is 17.7 Å². The number of nitrogens with zero attached hydrogens (tertiary/aromatic N) is 4. The highest BCUT2D eigenvalue weighted by Gasteiger charge is 2.19. The lowest BCUT2D eigenvalue weighted by molar-refractivity contribution is 0.0691. The van der Waals surface area contributed by atoms with Crippen LogP contribution in [0.4, 0.5) is 5.82 Å². The molecule has 0 atom stereocenters. The van der Waals surface area contributed by atoms with E-state index in [-0.39, 0.29) is 11.5 Å². The molecule has 0 radical (unpaired) electrons. The lowest BCUT2D eigenvalue weighted by Crippen LogP contribution is -2.17. The van der Waals surface area contributed by atoms with Crippen LogP contribution in [0.1, 0.15) is 33.5 Å². The van der Waals surface area contributed by atoms with E-state index in [1.165, 1.54) is 17.1 Å². The lowest BCUT2D eigenvalue weighted by Gasteiger charge is -2.05. The van der Waals surface area contributed by atoms with Crippen LogP contribution in [0.15, 0.2) is 18.6 Å². The largest absolute Gasteiger partial charge is 0.476 e. The second-order valence-electron chi connectivity index (χ2n) is 4.03. The number of rotatable bonds is 4. The number of carboxylic acids is 1. The van der Waals surface area contributed by atoms with Gasteiger partial charge in [-0.3, -0.25) is 9.48 Å². The van der Waals surface area contributed by atoms with Crippen LogP contribution >= 0.6 is 0 Å². The number of aromatic nitrogens is 4. The number of carbonyl (C=O) groups excluding carboxylic acids is 1. The van der Waals surface area contributed by atoms with Gasteiger partial charge in [-0.15, -0.1) is 0 Å². The Labute approximate surface area is 114 Å². The van der Waals surface area contributed by atoms with E-state index in [0.717, 1.165) is 0 Å². The Bertz CT molecular complexity index is 665. The average Bonchev–Trinajstić information content (AvgIpc) is 2.80. The molecule has 0 aliphatic heterocycles. The van der Waals surface area contributed by atoms with Crippen LogP contribution in [0.2, 0.25) is 0 Å². The highest BCUT2D eigenvalue weighted by molar-refractivity contribution is 6.06. The molecule has 104 valence electrons. The smallest absolute Gasteiger partial charge is 0.358 e. The molecular weight excluding hydrogens is 262 g/mol. The van der Waals surface area contributed by atoms with E-state index in [1.54, 1.807) is 13.2 Å². The number of carbonyl (C=O) groups is 2. The number of hydrogen-bond acceptors (Lipinski definition) is 5. The van der Waals surface area contributed by atoms with Gasteiger partial charge in [-0.25, -0.2) is 14.8 Å². The third-order valence-corrected chi connectivity index (χ3v) is 2.62. The Morgan fingerprint density at radius 1 is 1.35 bits per heavy atom. The summed E-state index contributed by atoms with van der Waals surface area (Å²) in [6.07, 6.45) is 4.73. The Hall–Kier alpha value is -2.77. The second-order valence-corrected chi connectivity index (χ2v) is 4.03. The van der Waals surface area contributed by atoms with Gasteiger partial charge < -0.3 is 10.4 Å². The maximum atomic E-state index is 12.2. The predicted molar refractivity (Wildman–Crippen MR) is 69.5 cm³/mol. The van der Waals surface area contributed by atoms with Crippen molar-refractivity contribution in [1.29, 1.82) is 0 Å². The third-order valence-electron chi connectivity index (χ3n) is 2.62. The number of aryl methyl sites for hydroxylation is 2. The summed E-state index contributed by atoms with van der Waals surface area (Å²) in [5.41, 5.74) is 0.713. The topological polar surface area (TPSA) is 110 Å². The van der Waals surface area contributed by atoms with E-state index >= 15 is 0 Å². The van der Waals surface area contributed by atoms with Crippen molar-refractivity contribution in [3.8, 4) is 0 Å². The van der Waals surface area contributed by atoms with Crippen LogP contribution in [-0.2, 0) is 13.5 Å². The van der Waals surface area contributed by atoms with E-state index in [2.05, 4.69) is 20.4 Å². The molecule has 1 amide bonds. The van der Waals surface area contributed by atoms with Crippen molar-refractivity contribution in [3.05, 3.63) is 35.5 Å². The maximum Gasteiger partial charge on any atom is 0.358 e. The van der Waals surface area contributed by atoms with Gasteiger partial charge in [-0.2, -0.15) is 5.10 Å². The monoisotopic (exact) mass is 275 g/mol. The standard InChI is InChI=1S/C12H13N5O3/c1-3-8-7(6-17(2)16-8)11(18)15-10-9(12(19)20)13-4-5-14-10/h4-6H,3H2,1-2H3,(H,19,20)(H,14,15,18). The summed E-state index contributed by atoms with van der Waals surface area (Å²) in [5, 5.41) is 15.6. The van der Waals surface area contributed by atoms with E-state index < -0.39 is 11.9 Å². The summed E-state index contributed by atoms with van der Waals surface area (Å²) in [4.78, 5) is 30.7. The molecule has 8 nitrogen and oxygen atoms in total. The number of amides is 1. The summed E-state index contributed by atoms with van der Waals surface area (Å²) in [6.45, 7) is 1.88. The van der Waals surface area contributed by atoms with Crippen molar-refractivity contribution >= 4 is 17.7 Å². The Morgan fingerprint density at radius 3 is 2.70 bits per heavy atom. The molecule has 0 unspecified atom stereocenters. The number of nitrogens with one attached hydrogen (secondary N) is 1. The Balaban J connectivity index is 2.30. The van der Waals surface area contributed by atoms with Crippen molar-refractivity contribution in [2.24, 2.45) is 7.05 Å². The zero-order chi connectivity index (χ0) is 14.7. The van der Waals surface area contributed by atoms with Gasteiger partial charge in [0, 0.05) is 25.6 Å². The molecule has 0 fully saturated rings. The number of hydrogen-bond donors (Lipinski definition) is 2. The van der Waals surface area contributed by atoms with E-state index in [4.69, 9.17) is 5.11 Å². The van der Waals surface area contributed by atoms with Crippen LogP contribution in [-0.4, -0.2) is 36.7 Å². The summed E-state index contributed by atoms with van der Waals surface area (Å²) in [7, 11) is 1.71. The summed E-state index contributed by atoms with van der Waals surface area (Å²) in [6, 6.07) is 0. The molecular formula is C12H13N5O3. The molecule has 0 aliphatic carbocycles. The first-order chi connectivity index (χ1) is 9.52. The van der Waals surface area contributed by atoms with Crippen LogP contribution < -0.4 is 5.32 Å². The predicted octanol–water partition coefficient (Wildman–Crippen LogP) is 0.723. The Morgan fingerprint density at radius 2 is 2.05 bits per heavy atom. The van der Waals surface area contributed by atoms with Gasteiger partial charge in [0.2, 0.25) is 0 Å². The second kappa shape index (κ2) is 5.47. The molecule has 2 aromatic heterocycles. The number of carboxylic acid groups (broad SMARTS) is 1. The third kappa shape index (κ3) is 2.63. The van der Waals surface area contributed by atoms with Crippen LogP contribution in [0.5, 0.6) is 0 Å². The molecule has 0 spiro atoms. The number of aromatic carboxylic acids is 1. The summed E-state index contributed by atoms with van der Waals surface area (Å²) in [5.74, 6) is -1.80. The molecule has 2 N–H and O–H groups in total. The molecule has 20 heavy (non-hydrogen) atoms. The molecule has 0 saturated heterocycles. The fourth-order valence-corrected chi connectivity index (χ4v) is 1.75. The van der Waals surface area contributed by atoms with Gasteiger partial charge in [0.05, 0.1) is 11.3 Å². The van der Waals surface area contributed by atoms with E-state index in [9.17, 15) is 9.59 Å². The molecule has 8 heteroatoms. The van der Waals surface area contributed by atoms with E-state index in [1.807, 2.05) is 6.92 Å². The van der Waals surface area contributed by atoms with Crippen molar-refractivity contribution in [3.63, 3.8) is 0 Å². The fraction of sp³-hybridized carbons (Fsp3) is 0.250. The van der Waals surface area contributed by atoms with Gasteiger partial charge in [0.15, 0.2) is 11.5 Å². The Kier molecular flexibility index (Phi) is 3.74. The highest BCUT2D eigenvalue weighted by Crippen LogP contribution is 2.13. The molecule has 2 heterocycles. The fourth-order valence-electron chi connectivity index (χ4n) is 1.75. The first-order valence-electron chi connectivity index (χ1n) is 5.91. The van der Waals surface area contributed by atoms with Gasteiger partial charge in [0.25, 0.3) is 5.91 Å². The van der Waals surface area contributed by atoms with Gasteiger partial charge >= 0.3 is 5.97 Å². The van der Waals surface area contributed by atoms with Crippen molar-refractivity contribution < 1.29 is 14.7 Å². The van der Waals surface area contributed by atoms with Crippen molar-refractivity contribution in [2.75, 3.05) is 5.32 Å². The summed E-state index contributed by atoms with van der Waals surface area (Å²) >= 11 is 0. The molecule has 0 aromatic carbocycles.